The number of ether oxygens (including phenoxy) is 1. The summed E-state index contributed by atoms with van der Waals surface area (Å²) in [6.07, 6.45) is 2.93. The molecule has 0 bridgehead atoms. The van der Waals surface area contributed by atoms with Gasteiger partial charge in [-0.15, -0.1) is 0 Å². The summed E-state index contributed by atoms with van der Waals surface area (Å²) in [4.78, 5) is 32.3. The molecule has 0 aromatic carbocycles. The molecular weight excluding hydrogens is 440 g/mol. The molecule has 0 saturated carbocycles. The van der Waals surface area contributed by atoms with E-state index in [0.29, 0.717) is 60.7 Å². The molecule has 11 nitrogen and oxygen atoms in total. The summed E-state index contributed by atoms with van der Waals surface area (Å²) in [6, 6.07) is 5.59. The van der Waals surface area contributed by atoms with Gasteiger partial charge in [-0.2, -0.15) is 4.98 Å². The summed E-state index contributed by atoms with van der Waals surface area (Å²) in [5, 5.41) is 13.5. The minimum Gasteiger partial charge on any atom is -0.444 e. The Hall–Kier alpha value is -3.83. The number of fused-ring (bicyclic) bond motifs is 1. The molecule has 5 rings (SSSR count). The van der Waals surface area contributed by atoms with E-state index in [2.05, 4.69) is 25.3 Å². The molecule has 1 saturated heterocycles. The Balaban J connectivity index is 1.45. The molecule has 1 aliphatic heterocycles. The van der Waals surface area contributed by atoms with E-state index in [0.717, 1.165) is 5.69 Å². The number of aromatic nitrogens is 4. The van der Waals surface area contributed by atoms with Crippen molar-refractivity contribution in [1.29, 1.82) is 0 Å². The van der Waals surface area contributed by atoms with Crippen LogP contribution in [0.2, 0.25) is 0 Å². The molecule has 4 aromatic rings. The van der Waals surface area contributed by atoms with Crippen LogP contribution in [-0.2, 0) is 10.3 Å². The average Bonchev–Trinajstić information content (AvgIpc) is 3.46. The second kappa shape index (κ2) is 8.50. The fraction of sp³-hybridized carbons (Fsp3) is 0.348. The van der Waals surface area contributed by atoms with Gasteiger partial charge in [0, 0.05) is 36.6 Å². The monoisotopic (exact) mass is 464 g/mol. The SMILES string of the molecule is Cc1cc(-c2nc(C(=O)Nc3cc4oc(N5CCOCC5)nc4nc3C(C)(C)O)co2)ccn1. The molecule has 2 N–H and O–H groups in total. The van der Waals surface area contributed by atoms with Gasteiger partial charge in [-0.3, -0.25) is 9.78 Å². The molecule has 0 aliphatic carbocycles. The fourth-order valence-corrected chi connectivity index (χ4v) is 3.68. The van der Waals surface area contributed by atoms with Crippen LogP contribution in [0.1, 0.15) is 35.7 Å². The van der Waals surface area contributed by atoms with Crippen molar-refractivity contribution in [3.8, 4) is 11.5 Å². The van der Waals surface area contributed by atoms with E-state index < -0.39 is 11.5 Å². The number of carbonyl (C=O) groups is 1. The second-order valence-electron chi connectivity index (χ2n) is 8.54. The predicted octanol–water partition coefficient (Wildman–Crippen LogP) is 2.90. The van der Waals surface area contributed by atoms with Gasteiger partial charge in [-0.05, 0) is 32.9 Å². The van der Waals surface area contributed by atoms with E-state index in [1.807, 2.05) is 17.9 Å². The van der Waals surface area contributed by atoms with Crippen LogP contribution in [0.5, 0.6) is 0 Å². The topological polar surface area (TPSA) is 140 Å². The highest BCUT2D eigenvalue weighted by Crippen LogP contribution is 2.32. The number of amides is 1. The summed E-state index contributed by atoms with van der Waals surface area (Å²) in [5.41, 5.74) is 1.52. The summed E-state index contributed by atoms with van der Waals surface area (Å²) >= 11 is 0. The highest BCUT2D eigenvalue weighted by molar-refractivity contribution is 6.04. The third-order valence-electron chi connectivity index (χ3n) is 5.36. The summed E-state index contributed by atoms with van der Waals surface area (Å²) < 4.78 is 16.8. The van der Waals surface area contributed by atoms with Crippen LogP contribution in [0.3, 0.4) is 0 Å². The van der Waals surface area contributed by atoms with Crippen molar-refractivity contribution in [1.82, 2.24) is 19.9 Å². The Labute approximate surface area is 194 Å². The Morgan fingerprint density at radius 2 is 1.97 bits per heavy atom. The van der Waals surface area contributed by atoms with Crippen molar-refractivity contribution in [2.75, 3.05) is 36.5 Å². The van der Waals surface area contributed by atoms with E-state index >= 15 is 0 Å². The van der Waals surface area contributed by atoms with Crippen LogP contribution in [0, 0.1) is 6.92 Å². The molecule has 0 unspecified atom stereocenters. The molecule has 11 heteroatoms. The van der Waals surface area contributed by atoms with Crippen molar-refractivity contribution in [2.45, 2.75) is 26.4 Å². The second-order valence-corrected chi connectivity index (χ2v) is 8.54. The smallest absolute Gasteiger partial charge is 0.300 e. The minimum absolute atomic E-state index is 0.0813. The highest BCUT2D eigenvalue weighted by Gasteiger charge is 2.27. The number of morpholine rings is 1. The van der Waals surface area contributed by atoms with Crippen molar-refractivity contribution < 1.29 is 23.5 Å². The first kappa shape index (κ1) is 22.0. The minimum atomic E-state index is -1.35. The van der Waals surface area contributed by atoms with Gasteiger partial charge in [0.1, 0.15) is 11.9 Å². The Morgan fingerprint density at radius 3 is 2.71 bits per heavy atom. The third kappa shape index (κ3) is 4.35. The Bertz CT molecular complexity index is 1350. The van der Waals surface area contributed by atoms with Gasteiger partial charge in [0.2, 0.25) is 11.5 Å². The number of aryl methyl sites for hydroxylation is 1. The van der Waals surface area contributed by atoms with Gasteiger partial charge >= 0.3 is 0 Å². The van der Waals surface area contributed by atoms with Crippen LogP contribution in [0.15, 0.2) is 39.5 Å². The van der Waals surface area contributed by atoms with Crippen LogP contribution in [0.25, 0.3) is 22.7 Å². The quantitative estimate of drug-likeness (QED) is 0.453. The number of anilines is 2. The summed E-state index contributed by atoms with van der Waals surface area (Å²) in [5.74, 6) is -0.210. The van der Waals surface area contributed by atoms with Crippen molar-refractivity contribution in [2.24, 2.45) is 0 Å². The lowest BCUT2D eigenvalue weighted by Crippen LogP contribution is -2.36. The summed E-state index contributed by atoms with van der Waals surface area (Å²) in [6.45, 7) is 7.50. The van der Waals surface area contributed by atoms with Crippen LogP contribution < -0.4 is 10.2 Å². The van der Waals surface area contributed by atoms with Gasteiger partial charge in [-0.25, -0.2) is 9.97 Å². The number of nitrogens with one attached hydrogen (secondary N) is 1. The maximum atomic E-state index is 13.0. The number of aliphatic hydroxyl groups is 1. The Kier molecular flexibility index (Phi) is 5.50. The largest absolute Gasteiger partial charge is 0.444 e. The van der Waals surface area contributed by atoms with Gasteiger partial charge in [0.25, 0.3) is 11.9 Å². The van der Waals surface area contributed by atoms with E-state index in [9.17, 15) is 9.90 Å². The zero-order chi connectivity index (χ0) is 23.9. The fourth-order valence-electron chi connectivity index (χ4n) is 3.68. The number of carbonyl (C=O) groups excluding carboxylic acids is 1. The zero-order valence-corrected chi connectivity index (χ0v) is 19.0. The summed E-state index contributed by atoms with van der Waals surface area (Å²) in [7, 11) is 0. The molecule has 1 amide bonds. The number of rotatable bonds is 5. The van der Waals surface area contributed by atoms with Crippen molar-refractivity contribution in [3.63, 3.8) is 0 Å². The number of pyridine rings is 2. The third-order valence-corrected chi connectivity index (χ3v) is 5.36. The normalized spacial score (nSPS) is 14.5. The molecule has 1 fully saturated rings. The molecule has 176 valence electrons. The standard InChI is InChI=1S/C23H24N6O5/c1-13-10-14(4-5-24-13)21-26-16(12-33-21)20(30)25-15-11-17-19(27-18(15)23(2,3)31)28-22(34-17)29-6-8-32-9-7-29/h4-5,10-12,31H,6-9H2,1-3H3,(H,25,30). The van der Waals surface area contributed by atoms with E-state index in [1.165, 1.54) is 6.26 Å². The molecule has 5 heterocycles. The van der Waals surface area contributed by atoms with Gasteiger partial charge < -0.3 is 28.9 Å². The van der Waals surface area contributed by atoms with Gasteiger partial charge in [0.05, 0.1) is 24.6 Å². The number of hydrogen-bond donors (Lipinski definition) is 2. The maximum absolute atomic E-state index is 13.0. The Morgan fingerprint density at radius 1 is 1.18 bits per heavy atom. The first-order chi connectivity index (χ1) is 16.3. The first-order valence-electron chi connectivity index (χ1n) is 10.8. The van der Waals surface area contributed by atoms with E-state index in [4.69, 9.17) is 13.6 Å². The van der Waals surface area contributed by atoms with Crippen LogP contribution >= 0.6 is 0 Å². The van der Waals surface area contributed by atoms with Crippen LogP contribution in [-0.4, -0.2) is 57.3 Å². The molecule has 1 aliphatic rings. The van der Waals surface area contributed by atoms with Crippen molar-refractivity contribution >= 4 is 28.8 Å². The number of nitrogens with zero attached hydrogens (tertiary/aromatic N) is 5. The highest BCUT2D eigenvalue weighted by atomic mass is 16.5. The molecule has 0 radical (unpaired) electrons. The molecule has 34 heavy (non-hydrogen) atoms. The number of oxazole rings is 2. The van der Waals surface area contributed by atoms with Gasteiger partial charge in [0.15, 0.2) is 11.3 Å². The van der Waals surface area contributed by atoms with Crippen LogP contribution in [0.4, 0.5) is 11.7 Å². The molecule has 0 spiro atoms. The number of hydrogen-bond acceptors (Lipinski definition) is 10. The van der Waals surface area contributed by atoms with Crippen molar-refractivity contribution in [3.05, 3.63) is 47.7 Å². The van der Waals surface area contributed by atoms with E-state index in [-0.39, 0.29) is 11.4 Å². The van der Waals surface area contributed by atoms with Gasteiger partial charge in [-0.1, -0.05) is 0 Å². The zero-order valence-electron chi connectivity index (χ0n) is 19.0. The average molecular weight is 464 g/mol. The van der Waals surface area contributed by atoms with E-state index in [1.54, 1.807) is 32.2 Å². The maximum Gasteiger partial charge on any atom is 0.300 e. The molecular formula is C23H24N6O5. The lowest BCUT2D eigenvalue weighted by atomic mass is 10.0. The molecule has 0 atom stereocenters. The lowest BCUT2D eigenvalue weighted by molar-refractivity contribution is 0.0749. The lowest BCUT2D eigenvalue weighted by Gasteiger charge is -2.24. The molecule has 4 aromatic heterocycles. The predicted molar refractivity (Wildman–Crippen MR) is 123 cm³/mol. The first-order valence-corrected chi connectivity index (χ1v) is 10.8.